The second-order valence-electron chi connectivity index (χ2n) is 5.84. The van der Waals surface area contributed by atoms with Crippen LogP contribution < -0.4 is 21.9 Å². The van der Waals surface area contributed by atoms with Gasteiger partial charge in [-0.1, -0.05) is 6.92 Å². The van der Waals surface area contributed by atoms with Gasteiger partial charge in [-0.15, -0.1) is 0 Å². The maximum atomic E-state index is 11.9. The molecule has 1 aromatic carbocycles. The zero-order valence-electron chi connectivity index (χ0n) is 16.9. The lowest BCUT2D eigenvalue weighted by Gasteiger charge is -2.08. The fourth-order valence-corrected chi connectivity index (χ4v) is 2.33. The Hall–Kier alpha value is -4.73. The molecule has 0 radical (unpaired) electrons. The second kappa shape index (κ2) is 13.5. The molecule has 13 nitrogen and oxygen atoms in total. The van der Waals surface area contributed by atoms with Crippen molar-refractivity contribution in [3.05, 3.63) is 52.1 Å². The van der Waals surface area contributed by atoms with Crippen molar-refractivity contribution in [1.82, 2.24) is 25.3 Å². The lowest BCUT2D eigenvalue weighted by molar-refractivity contribution is -0.193. The van der Waals surface area contributed by atoms with E-state index < -0.39 is 5.56 Å². The lowest BCUT2D eigenvalue weighted by atomic mass is 10.2. The van der Waals surface area contributed by atoms with Gasteiger partial charge in [0.25, 0.3) is 11.5 Å². The highest BCUT2D eigenvalue weighted by atomic mass is 16.2. The molecule has 3 rings (SSSR count). The summed E-state index contributed by atoms with van der Waals surface area (Å²) in [5.74, 6) is -0.0875. The number of benzene rings is 1. The van der Waals surface area contributed by atoms with Gasteiger partial charge in [-0.05, 0) is 30.7 Å². The molecule has 0 saturated carbocycles. The van der Waals surface area contributed by atoms with E-state index >= 15 is 0 Å². The monoisotopic (exact) mass is 441 g/mol. The van der Waals surface area contributed by atoms with E-state index in [4.69, 9.17) is 24.9 Å². The van der Waals surface area contributed by atoms with Crippen LogP contribution in [0.5, 0.6) is 0 Å². The number of H-pyrrole nitrogens is 1. The number of hydrogen-bond acceptors (Lipinski definition) is 11. The van der Waals surface area contributed by atoms with Gasteiger partial charge in [-0.2, -0.15) is 24.2 Å². The number of nitrogens with one attached hydrogen (secondary N) is 3. The molecule has 0 atom stereocenters. The average molecular weight is 441 g/mol. The summed E-state index contributed by atoms with van der Waals surface area (Å²) in [7, 11) is 0. The molecule has 0 fully saturated rings. The number of carbonyl (C=O) groups excluding carboxylic acids is 5. The van der Waals surface area contributed by atoms with Crippen LogP contribution in [0.25, 0.3) is 11.2 Å². The third kappa shape index (κ3) is 7.95. The van der Waals surface area contributed by atoms with Crippen LogP contribution in [-0.2, 0) is 25.7 Å². The Morgan fingerprint density at radius 2 is 1.72 bits per heavy atom. The standard InChI is InChI=1S/C17H19N7O2.2CO2/c1-2-7-19-15(25)10-3-5-11(6-4-10)20-8-12-9-21-14-13(22-12)16(26)24-17(18)23-14;2*2-1-3/h3-6,9,20H,2,7-8H2,1H3,(H,19,25)(H3,18,21,23,24,26);;. The first-order valence-corrected chi connectivity index (χ1v) is 9.02. The zero-order valence-corrected chi connectivity index (χ0v) is 16.9. The number of aromatic nitrogens is 4. The van der Waals surface area contributed by atoms with Gasteiger partial charge < -0.3 is 16.4 Å². The highest BCUT2D eigenvalue weighted by Crippen LogP contribution is 2.11. The summed E-state index contributed by atoms with van der Waals surface area (Å²) < 4.78 is 0. The predicted octanol–water partition coefficient (Wildman–Crippen LogP) is -0.120. The minimum atomic E-state index is -0.427. The van der Waals surface area contributed by atoms with E-state index in [1.54, 1.807) is 12.1 Å². The molecule has 0 aliphatic heterocycles. The Balaban J connectivity index is 0.000000769. The van der Waals surface area contributed by atoms with E-state index in [2.05, 4.69) is 30.6 Å². The van der Waals surface area contributed by atoms with Gasteiger partial charge >= 0.3 is 12.3 Å². The Bertz CT molecular complexity index is 1150. The number of fused-ring (bicyclic) bond motifs is 1. The summed E-state index contributed by atoms with van der Waals surface area (Å²) in [6.07, 6.45) is 2.93. The van der Waals surface area contributed by atoms with Crippen LogP contribution in [-0.4, -0.2) is 44.7 Å². The van der Waals surface area contributed by atoms with Crippen molar-refractivity contribution >= 4 is 41.0 Å². The van der Waals surface area contributed by atoms with E-state index in [-0.39, 0.29) is 35.3 Å². The molecule has 0 spiro atoms. The molecule has 5 N–H and O–H groups in total. The third-order valence-electron chi connectivity index (χ3n) is 3.64. The molecular weight excluding hydrogens is 422 g/mol. The third-order valence-corrected chi connectivity index (χ3v) is 3.64. The minimum absolute atomic E-state index is 0.00531. The van der Waals surface area contributed by atoms with Crippen molar-refractivity contribution in [3.63, 3.8) is 0 Å². The van der Waals surface area contributed by atoms with Crippen molar-refractivity contribution in [2.24, 2.45) is 0 Å². The van der Waals surface area contributed by atoms with Crippen LogP contribution >= 0.6 is 0 Å². The molecule has 0 aliphatic rings. The molecule has 0 bridgehead atoms. The molecule has 32 heavy (non-hydrogen) atoms. The number of hydrogen-bond donors (Lipinski definition) is 4. The molecule has 1 amide bonds. The molecule has 0 unspecified atom stereocenters. The Kier molecular flexibility index (Phi) is 10.7. The molecule has 0 saturated heterocycles. The van der Waals surface area contributed by atoms with E-state index in [1.807, 2.05) is 19.1 Å². The first-order chi connectivity index (χ1) is 15.4. The molecule has 0 aliphatic carbocycles. The van der Waals surface area contributed by atoms with E-state index in [9.17, 15) is 9.59 Å². The van der Waals surface area contributed by atoms with E-state index in [0.29, 0.717) is 24.3 Å². The van der Waals surface area contributed by atoms with Crippen molar-refractivity contribution in [1.29, 1.82) is 0 Å². The first kappa shape index (κ1) is 25.3. The minimum Gasteiger partial charge on any atom is -0.379 e. The SMILES string of the molecule is CCCNC(=O)c1ccc(NCc2cnc3nc(N)[nH]c(=O)c3n2)cc1.O=C=O.O=C=O. The first-order valence-electron chi connectivity index (χ1n) is 9.02. The van der Waals surface area contributed by atoms with Crippen LogP contribution in [0.15, 0.2) is 35.3 Å². The predicted molar refractivity (Wildman–Crippen MR) is 109 cm³/mol. The van der Waals surface area contributed by atoms with Crippen LogP contribution in [0.1, 0.15) is 29.4 Å². The summed E-state index contributed by atoms with van der Waals surface area (Å²) in [6.45, 7) is 3.02. The molecule has 2 heterocycles. The number of aromatic amines is 1. The molecular formula is C19H19N7O6. The van der Waals surface area contributed by atoms with Crippen molar-refractivity contribution < 1.29 is 24.0 Å². The highest BCUT2D eigenvalue weighted by Gasteiger charge is 2.07. The summed E-state index contributed by atoms with van der Waals surface area (Å²) in [5.41, 5.74) is 7.41. The number of amides is 1. The summed E-state index contributed by atoms with van der Waals surface area (Å²) in [4.78, 5) is 70.9. The molecule has 3 aromatic rings. The summed E-state index contributed by atoms with van der Waals surface area (Å²) in [6, 6.07) is 7.11. The quantitative estimate of drug-likeness (QED) is 0.396. The number of nitrogen functional groups attached to an aromatic ring is 1. The topological polar surface area (TPSA) is 207 Å². The van der Waals surface area contributed by atoms with Gasteiger partial charge in [0, 0.05) is 17.8 Å². The van der Waals surface area contributed by atoms with Crippen LogP contribution in [0, 0.1) is 0 Å². The van der Waals surface area contributed by atoms with Crippen LogP contribution in [0.3, 0.4) is 0 Å². The maximum Gasteiger partial charge on any atom is 0.373 e. The molecule has 2 aromatic heterocycles. The Morgan fingerprint density at radius 1 is 1.09 bits per heavy atom. The summed E-state index contributed by atoms with van der Waals surface area (Å²) in [5, 5.41) is 6.00. The number of rotatable bonds is 6. The van der Waals surface area contributed by atoms with Gasteiger partial charge in [-0.3, -0.25) is 14.6 Å². The number of anilines is 2. The largest absolute Gasteiger partial charge is 0.379 e. The van der Waals surface area contributed by atoms with E-state index in [0.717, 1.165) is 12.1 Å². The molecule has 13 heteroatoms. The zero-order chi connectivity index (χ0) is 23.9. The summed E-state index contributed by atoms with van der Waals surface area (Å²) >= 11 is 0. The van der Waals surface area contributed by atoms with E-state index in [1.165, 1.54) is 6.20 Å². The smallest absolute Gasteiger partial charge is 0.373 e. The second-order valence-corrected chi connectivity index (χ2v) is 5.84. The average Bonchev–Trinajstić information content (AvgIpc) is 2.77. The van der Waals surface area contributed by atoms with Gasteiger partial charge in [0.05, 0.1) is 18.4 Å². The van der Waals surface area contributed by atoms with Crippen molar-refractivity contribution in [2.75, 3.05) is 17.6 Å². The van der Waals surface area contributed by atoms with Gasteiger partial charge in [0.15, 0.2) is 11.2 Å². The van der Waals surface area contributed by atoms with Gasteiger partial charge in [-0.25, -0.2) is 9.97 Å². The molecule has 166 valence electrons. The Morgan fingerprint density at radius 3 is 2.31 bits per heavy atom. The number of nitrogens with zero attached hydrogens (tertiary/aromatic N) is 3. The maximum absolute atomic E-state index is 11.9. The van der Waals surface area contributed by atoms with Crippen molar-refractivity contribution in [3.8, 4) is 0 Å². The van der Waals surface area contributed by atoms with Crippen LogP contribution in [0.2, 0.25) is 0 Å². The van der Waals surface area contributed by atoms with Crippen molar-refractivity contribution in [2.45, 2.75) is 19.9 Å². The fourth-order valence-electron chi connectivity index (χ4n) is 2.33. The highest BCUT2D eigenvalue weighted by molar-refractivity contribution is 5.94. The lowest BCUT2D eigenvalue weighted by Crippen LogP contribution is -2.23. The Labute approximate surface area is 180 Å². The van der Waals surface area contributed by atoms with Gasteiger partial charge in [0.1, 0.15) is 0 Å². The fraction of sp³-hybridized carbons (Fsp3) is 0.211. The van der Waals surface area contributed by atoms with Crippen LogP contribution in [0.4, 0.5) is 11.6 Å². The number of carbonyl (C=O) groups is 1. The normalized spacial score (nSPS) is 9.16. The van der Waals surface area contributed by atoms with Gasteiger partial charge in [0.2, 0.25) is 5.95 Å². The number of nitrogens with two attached hydrogens (primary N) is 1.